The maximum atomic E-state index is 11.6. The molecule has 1 aromatic carbocycles. The van der Waals surface area contributed by atoms with E-state index in [1.54, 1.807) is 6.92 Å². The van der Waals surface area contributed by atoms with Crippen LogP contribution >= 0.6 is 0 Å². The zero-order valence-electron chi connectivity index (χ0n) is 11.3. The van der Waals surface area contributed by atoms with E-state index in [-0.39, 0.29) is 11.9 Å². The van der Waals surface area contributed by atoms with Crippen molar-refractivity contribution in [1.29, 1.82) is 0 Å². The van der Waals surface area contributed by atoms with Crippen LogP contribution in [0.5, 0.6) is 0 Å². The number of hydrogen-bond acceptors (Lipinski definition) is 3. The lowest BCUT2D eigenvalue weighted by molar-refractivity contribution is -0.142. The number of esters is 1. The van der Waals surface area contributed by atoms with Crippen molar-refractivity contribution in [3.63, 3.8) is 0 Å². The fourth-order valence-corrected chi connectivity index (χ4v) is 1.94. The van der Waals surface area contributed by atoms with E-state index in [9.17, 15) is 4.79 Å². The molecule has 1 aromatic rings. The SMILES string of the molecule is CCOC(=O)C1=C[C@@H](C)C(=Cc2ccccc2)CO1. The summed E-state index contributed by atoms with van der Waals surface area (Å²) >= 11 is 0. The van der Waals surface area contributed by atoms with Crippen molar-refractivity contribution >= 4 is 12.0 Å². The van der Waals surface area contributed by atoms with E-state index >= 15 is 0 Å². The Morgan fingerprint density at radius 2 is 2.16 bits per heavy atom. The Morgan fingerprint density at radius 3 is 2.79 bits per heavy atom. The van der Waals surface area contributed by atoms with E-state index in [0.717, 1.165) is 11.1 Å². The lowest BCUT2D eigenvalue weighted by atomic mass is 9.96. The van der Waals surface area contributed by atoms with Crippen LogP contribution in [0.3, 0.4) is 0 Å². The van der Waals surface area contributed by atoms with Gasteiger partial charge in [-0.1, -0.05) is 43.3 Å². The third-order valence-electron chi connectivity index (χ3n) is 3.01. The van der Waals surface area contributed by atoms with E-state index in [1.807, 2.05) is 36.4 Å². The number of benzene rings is 1. The van der Waals surface area contributed by atoms with Crippen LogP contribution in [0.2, 0.25) is 0 Å². The summed E-state index contributed by atoms with van der Waals surface area (Å²) in [7, 11) is 0. The highest BCUT2D eigenvalue weighted by Gasteiger charge is 2.21. The second-order valence-corrected chi connectivity index (χ2v) is 4.46. The van der Waals surface area contributed by atoms with Crippen molar-refractivity contribution in [2.24, 2.45) is 5.92 Å². The van der Waals surface area contributed by atoms with Crippen LogP contribution in [0.1, 0.15) is 19.4 Å². The summed E-state index contributed by atoms with van der Waals surface area (Å²) in [5.41, 5.74) is 2.29. The fraction of sp³-hybridized carbons (Fsp3) is 0.312. The molecule has 0 radical (unpaired) electrons. The standard InChI is InChI=1S/C16H18O3/c1-3-18-16(17)15-9-12(2)14(11-19-15)10-13-7-5-4-6-8-13/h4-10,12H,3,11H2,1-2H3/t12-/m1/s1. The molecule has 100 valence electrons. The average Bonchev–Trinajstić information content (AvgIpc) is 2.42. The molecule has 0 unspecified atom stereocenters. The van der Waals surface area contributed by atoms with Gasteiger partial charge in [0.25, 0.3) is 0 Å². The van der Waals surface area contributed by atoms with Gasteiger partial charge in [0, 0.05) is 5.92 Å². The average molecular weight is 258 g/mol. The van der Waals surface area contributed by atoms with Crippen molar-refractivity contribution in [1.82, 2.24) is 0 Å². The van der Waals surface area contributed by atoms with Gasteiger partial charge in [-0.2, -0.15) is 0 Å². The molecule has 3 heteroatoms. The summed E-state index contributed by atoms with van der Waals surface area (Å²) in [6.07, 6.45) is 3.92. The Hall–Kier alpha value is -2.03. The zero-order valence-corrected chi connectivity index (χ0v) is 11.3. The molecule has 0 aliphatic carbocycles. The van der Waals surface area contributed by atoms with Gasteiger partial charge in [0.15, 0.2) is 0 Å². The van der Waals surface area contributed by atoms with Crippen LogP contribution in [0.4, 0.5) is 0 Å². The molecule has 0 bridgehead atoms. The van der Waals surface area contributed by atoms with E-state index in [0.29, 0.717) is 19.0 Å². The highest BCUT2D eigenvalue weighted by molar-refractivity contribution is 5.86. The van der Waals surface area contributed by atoms with E-state index in [1.165, 1.54) is 0 Å². The summed E-state index contributed by atoms with van der Waals surface area (Å²) in [5, 5.41) is 0. The molecule has 1 heterocycles. The van der Waals surface area contributed by atoms with E-state index in [2.05, 4.69) is 13.0 Å². The smallest absolute Gasteiger partial charge is 0.373 e. The maximum absolute atomic E-state index is 11.6. The number of allylic oxidation sites excluding steroid dienone is 1. The van der Waals surface area contributed by atoms with Crippen molar-refractivity contribution in [2.45, 2.75) is 13.8 Å². The molecule has 0 spiro atoms. The molecule has 0 saturated carbocycles. The van der Waals surface area contributed by atoms with Gasteiger partial charge < -0.3 is 9.47 Å². The topological polar surface area (TPSA) is 35.5 Å². The van der Waals surface area contributed by atoms with Crippen LogP contribution in [-0.4, -0.2) is 19.2 Å². The minimum Gasteiger partial charge on any atom is -0.482 e. The van der Waals surface area contributed by atoms with Crippen molar-refractivity contribution < 1.29 is 14.3 Å². The first kappa shape index (κ1) is 13.4. The van der Waals surface area contributed by atoms with Crippen molar-refractivity contribution in [2.75, 3.05) is 13.2 Å². The van der Waals surface area contributed by atoms with Gasteiger partial charge in [0.1, 0.15) is 6.61 Å². The largest absolute Gasteiger partial charge is 0.482 e. The first-order valence-corrected chi connectivity index (χ1v) is 6.48. The fourth-order valence-electron chi connectivity index (χ4n) is 1.94. The second kappa shape index (κ2) is 6.23. The number of carbonyl (C=O) groups is 1. The number of hydrogen-bond donors (Lipinski definition) is 0. The molecular formula is C16H18O3. The molecule has 0 saturated heterocycles. The molecule has 0 amide bonds. The van der Waals surface area contributed by atoms with Gasteiger partial charge >= 0.3 is 5.97 Å². The molecule has 1 atom stereocenters. The van der Waals surface area contributed by atoms with E-state index < -0.39 is 0 Å². The first-order chi connectivity index (χ1) is 9.20. The summed E-state index contributed by atoms with van der Waals surface area (Å²) in [6, 6.07) is 10.1. The molecule has 3 nitrogen and oxygen atoms in total. The molecule has 1 aliphatic rings. The minimum atomic E-state index is -0.381. The Morgan fingerprint density at radius 1 is 1.42 bits per heavy atom. The quantitative estimate of drug-likeness (QED) is 0.781. The Balaban J connectivity index is 2.13. The van der Waals surface area contributed by atoms with Crippen LogP contribution in [0, 0.1) is 5.92 Å². The van der Waals surface area contributed by atoms with Crippen LogP contribution < -0.4 is 0 Å². The minimum absolute atomic E-state index is 0.174. The highest BCUT2D eigenvalue weighted by atomic mass is 16.6. The maximum Gasteiger partial charge on any atom is 0.373 e. The normalized spacial score (nSPS) is 20.6. The molecule has 0 N–H and O–H groups in total. The second-order valence-electron chi connectivity index (χ2n) is 4.46. The van der Waals surface area contributed by atoms with Crippen LogP contribution in [0.25, 0.3) is 6.08 Å². The molecule has 2 rings (SSSR count). The molecular weight excluding hydrogens is 240 g/mol. The van der Waals surface area contributed by atoms with Gasteiger partial charge in [-0.15, -0.1) is 0 Å². The monoisotopic (exact) mass is 258 g/mol. The lowest BCUT2D eigenvalue weighted by Gasteiger charge is -2.21. The Kier molecular flexibility index (Phi) is 4.39. The van der Waals surface area contributed by atoms with Crippen LogP contribution in [0.15, 0.2) is 47.7 Å². The third kappa shape index (κ3) is 3.47. The van der Waals surface area contributed by atoms with Gasteiger partial charge in [-0.05, 0) is 24.1 Å². The van der Waals surface area contributed by atoms with Gasteiger partial charge in [0.2, 0.25) is 5.76 Å². The number of ether oxygens (including phenoxy) is 2. The molecule has 1 aliphatic heterocycles. The predicted molar refractivity (Wildman–Crippen MR) is 74.3 cm³/mol. The van der Waals surface area contributed by atoms with Crippen molar-refractivity contribution in [3.05, 3.63) is 53.3 Å². The predicted octanol–water partition coefficient (Wildman–Crippen LogP) is 3.18. The zero-order chi connectivity index (χ0) is 13.7. The van der Waals surface area contributed by atoms with Crippen molar-refractivity contribution in [3.8, 4) is 0 Å². The molecule has 0 aromatic heterocycles. The van der Waals surface area contributed by atoms with Gasteiger partial charge in [0.05, 0.1) is 6.61 Å². The third-order valence-corrected chi connectivity index (χ3v) is 3.01. The Bertz CT molecular complexity index is 500. The first-order valence-electron chi connectivity index (χ1n) is 6.48. The van der Waals surface area contributed by atoms with Gasteiger partial charge in [-0.25, -0.2) is 4.79 Å². The van der Waals surface area contributed by atoms with Crippen LogP contribution in [-0.2, 0) is 14.3 Å². The van der Waals surface area contributed by atoms with Gasteiger partial charge in [-0.3, -0.25) is 0 Å². The highest BCUT2D eigenvalue weighted by Crippen LogP contribution is 2.24. The summed E-state index contributed by atoms with van der Waals surface area (Å²) in [4.78, 5) is 11.6. The van der Waals surface area contributed by atoms with E-state index in [4.69, 9.17) is 9.47 Å². The number of rotatable bonds is 3. The molecule has 0 fully saturated rings. The lowest BCUT2D eigenvalue weighted by Crippen LogP contribution is -2.19. The molecule has 19 heavy (non-hydrogen) atoms. The summed E-state index contributed by atoms with van der Waals surface area (Å²) in [5.74, 6) is 0.112. The Labute approximate surface area is 113 Å². The number of carbonyl (C=O) groups excluding carboxylic acids is 1. The summed E-state index contributed by atoms with van der Waals surface area (Å²) < 4.78 is 10.4. The summed E-state index contributed by atoms with van der Waals surface area (Å²) in [6.45, 7) is 4.63.